The molecule has 0 aliphatic rings. The summed E-state index contributed by atoms with van der Waals surface area (Å²) in [6.45, 7) is 8.27. The molecule has 0 aliphatic heterocycles. The lowest BCUT2D eigenvalue weighted by Gasteiger charge is -2.14. The third-order valence-electron chi connectivity index (χ3n) is 3.39. The van der Waals surface area contributed by atoms with Gasteiger partial charge in [-0.15, -0.1) is 0 Å². The lowest BCUT2D eigenvalue weighted by Crippen LogP contribution is -1.95. The summed E-state index contributed by atoms with van der Waals surface area (Å²) in [5.74, 6) is 1.86. The third-order valence-corrected chi connectivity index (χ3v) is 3.39. The molecule has 104 valence electrons. The van der Waals surface area contributed by atoms with Crippen LogP contribution in [0.1, 0.15) is 46.8 Å². The predicted octanol–water partition coefficient (Wildman–Crippen LogP) is 5.03. The van der Waals surface area contributed by atoms with Crippen LogP contribution in [0.4, 0.5) is 0 Å². The summed E-state index contributed by atoms with van der Waals surface area (Å²) in [7, 11) is 0. The molecule has 0 unspecified atom stereocenters. The molecule has 2 aromatic rings. The lowest BCUT2D eigenvalue weighted by molar-refractivity contribution is 0.112. The third kappa shape index (κ3) is 3.08. The van der Waals surface area contributed by atoms with Crippen molar-refractivity contribution in [3.8, 4) is 11.5 Å². The minimum Gasteiger partial charge on any atom is -0.456 e. The number of carbonyl (C=O) groups excluding carboxylic acids is 1. The second-order valence-corrected chi connectivity index (χ2v) is 5.44. The topological polar surface area (TPSA) is 26.3 Å². The van der Waals surface area contributed by atoms with E-state index in [1.54, 1.807) is 0 Å². The average Bonchev–Trinajstić information content (AvgIpc) is 2.42. The number of aryl methyl sites for hydroxylation is 2. The highest BCUT2D eigenvalue weighted by atomic mass is 16.5. The quantitative estimate of drug-likeness (QED) is 0.727. The number of hydrogen-bond donors (Lipinski definition) is 0. The highest BCUT2D eigenvalue weighted by molar-refractivity contribution is 5.79. The van der Waals surface area contributed by atoms with Crippen LogP contribution < -0.4 is 4.74 Å². The Balaban J connectivity index is 2.39. The van der Waals surface area contributed by atoms with Crippen LogP contribution in [-0.2, 0) is 0 Å². The minimum atomic E-state index is 0.446. The normalized spacial score (nSPS) is 10.7. The molecule has 0 saturated heterocycles. The smallest absolute Gasteiger partial charge is 0.153 e. The first-order valence-electron chi connectivity index (χ1n) is 6.85. The Morgan fingerprint density at radius 2 is 1.75 bits per heavy atom. The van der Waals surface area contributed by atoms with Crippen LogP contribution in [0, 0.1) is 13.8 Å². The summed E-state index contributed by atoms with van der Waals surface area (Å²) in [6, 6.07) is 11.9. The van der Waals surface area contributed by atoms with Crippen LogP contribution in [0.5, 0.6) is 11.5 Å². The van der Waals surface area contributed by atoms with Gasteiger partial charge in [-0.2, -0.15) is 0 Å². The highest BCUT2D eigenvalue weighted by Crippen LogP contribution is 2.30. The Labute approximate surface area is 120 Å². The molecule has 0 radical (unpaired) electrons. The Hall–Kier alpha value is -2.09. The summed E-state index contributed by atoms with van der Waals surface area (Å²) in [5, 5.41) is 0. The van der Waals surface area contributed by atoms with Crippen LogP contribution in [0.2, 0.25) is 0 Å². The molecule has 0 saturated carbocycles. The van der Waals surface area contributed by atoms with Gasteiger partial charge in [0.15, 0.2) is 6.29 Å². The molecule has 0 spiro atoms. The first-order valence-corrected chi connectivity index (χ1v) is 6.85. The standard InChI is InChI=1S/C18H20O2/c1-12(2)15-7-6-14(4)18(10-15)20-17-8-5-13(3)9-16(17)11-19/h5-12H,1-4H3. The molecular formula is C18H20O2. The number of hydrogen-bond acceptors (Lipinski definition) is 2. The molecule has 0 aliphatic carbocycles. The summed E-state index contributed by atoms with van der Waals surface area (Å²) >= 11 is 0. The molecule has 0 N–H and O–H groups in total. The molecule has 0 fully saturated rings. The first kappa shape index (κ1) is 14.3. The van der Waals surface area contributed by atoms with Crippen molar-refractivity contribution in [2.45, 2.75) is 33.6 Å². The van der Waals surface area contributed by atoms with E-state index in [2.05, 4.69) is 32.0 Å². The van der Waals surface area contributed by atoms with Gasteiger partial charge < -0.3 is 4.74 Å². The fourth-order valence-electron chi connectivity index (χ4n) is 2.06. The van der Waals surface area contributed by atoms with E-state index >= 15 is 0 Å². The van der Waals surface area contributed by atoms with E-state index in [1.807, 2.05) is 32.0 Å². The lowest BCUT2D eigenvalue weighted by atomic mass is 10.0. The molecule has 2 nitrogen and oxygen atoms in total. The summed E-state index contributed by atoms with van der Waals surface area (Å²) in [4.78, 5) is 11.1. The van der Waals surface area contributed by atoms with Crippen LogP contribution in [0.15, 0.2) is 36.4 Å². The Morgan fingerprint density at radius 1 is 1.00 bits per heavy atom. The van der Waals surface area contributed by atoms with Gasteiger partial charge in [0.25, 0.3) is 0 Å². The predicted molar refractivity (Wildman–Crippen MR) is 81.9 cm³/mol. The summed E-state index contributed by atoms with van der Waals surface area (Å²) < 4.78 is 5.95. The molecule has 0 amide bonds. The van der Waals surface area contributed by atoms with Gasteiger partial charge in [0, 0.05) is 0 Å². The average molecular weight is 268 g/mol. The minimum absolute atomic E-state index is 0.446. The van der Waals surface area contributed by atoms with Crippen molar-refractivity contribution in [2.24, 2.45) is 0 Å². The fraction of sp³-hybridized carbons (Fsp3) is 0.278. The van der Waals surface area contributed by atoms with Gasteiger partial charge in [0.1, 0.15) is 11.5 Å². The van der Waals surface area contributed by atoms with Crippen molar-refractivity contribution in [3.63, 3.8) is 0 Å². The highest BCUT2D eigenvalue weighted by Gasteiger charge is 2.09. The van der Waals surface area contributed by atoms with E-state index in [-0.39, 0.29) is 0 Å². The zero-order valence-electron chi connectivity index (χ0n) is 12.4. The maximum Gasteiger partial charge on any atom is 0.153 e. The van der Waals surface area contributed by atoms with E-state index in [4.69, 9.17) is 4.74 Å². The van der Waals surface area contributed by atoms with Crippen LogP contribution in [-0.4, -0.2) is 6.29 Å². The molecule has 0 heterocycles. The summed E-state index contributed by atoms with van der Waals surface area (Å²) in [6.07, 6.45) is 0.837. The molecule has 0 atom stereocenters. The molecule has 20 heavy (non-hydrogen) atoms. The van der Waals surface area contributed by atoms with Crippen molar-refractivity contribution < 1.29 is 9.53 Å². The maximum absolute atomic E-state index is 11.1. The van der Waals surface area contributed by atoms with Gasteiger partial charge in [0.2, 0.25) is 0 Å². The monoisotopic (exact) mass is 268 g/mol. The van der Waals surface area contributed by atoms with Gasteiger partial charge in [-0.3, -0.25) is 4.79 Å². The Morgan fingerprint density at radius 3 is 2.40 bits per heavy atom. The molecular weight excluding hydrogens is 248 g/mol. The van der Waals surface area contributed by atoms with Crippen molar-refractivity contribution >= 4 is 6.29 Å². The van der Waals surface area contributed by atoms with Gasteiger partial charge in [0.05, 0.1) is 5.56 Å². The van der Waals surface area contributed by atoms with Crippen LogP contribution in [0.3, 0.4) is 0 Å². The molecule has 2 heteroatoms. The summed E-state index contributed by atoms with van der Waals surface area (Å²) in [5.41, 5.74) is 3.92. The van der Waals surface area contributed by atoms with Crippen molar-refractivity contribution in [1.29, 1.82) is 0 Å². The zero-order valence-corrected chi connectivity index (χ0v) is 12.4. The van der Waals surface area contributed by atoms with E-state index < -0.39 is 0 Å². The number of aldehydes is 1. The number of ether oxygens (including phenoxy) is 1. The number of benzene rings is 2. The SMILES string of the molecule is Cc1ccc(Oc2cc(C(C)C)ccc2C)c(C=O)c1. The van der Waals surface area contributed by atoms with Crippen molar-refractivity contribution in [2.75, 3.05) is 0 Å². The van der Waals surface area contributed by atoms with E-state index in [0.29, 0.717) is 17.2 Å². The van der Waals surface area contributed by atoms with Gasteiger partial charge in [-0.25, -0.2) is 0 Å². The van der Waals surface area contributed by atoms with E-state index in [1.165, 1.54) is 5.56 Å². The van der Waals surface area contributed by atoms with Crippen molar-refractivity contribution in [1.82, 2.24) is 0 Å². The molecule has 0 aromatic heterocycles. The van der Waals surface area contributed by atoms with Gasteiger partial charge in [-0.1, -0.05) is 37.6 Å². The van der Waals surface area contributed by atoms with Gasteiger partial charge >= 0.3 is 0 Å². The first-order chi connectivity index (χ1) is 9.51. The van der Waals surface area contributed by atoms with Crippen molar-refractivity contribution in [3.05, 3.63) is 58.7 Å². The van der Waals surface area contributed by atoms with Crippen LogP contribution in [0.25, 0.3) is 0 Å². The fourth-order valence-corrected chi connectivity index (χ4v) is 2.06. The van der Waals surface area contributed by atoms with E-state index in [0.717, 1.165) is 23.2 Å². The molecule has 0 bridgehead atoms. The van der Waals surface area contributed by atoms with E-state index in [9.17, 15) is 4.79 Å². The Kier molecular flexibility index (Phi) is 4.23. The molecule has 2 rings (SSSR count). The zero-order chi connectivity index (χ0) is 14.7. The second kappa shape index (κ2) is 5.91. The number of carbonyl (C=O) groups is 1. The second-order valence-electron chi connectivity index (χ2n) is 5.44. The van der Waals surface area contributed by atoms with Gasteiger partial charge in [-0.05, 0) is 49.1 Å². The van der Waals surface area contributed by atoms with Crippen LogP contribution >= 0.6 is 0 Å². The largest absolute Gasteiger partial charge is 0.456 e. The maximum atomic E-state index is 11.1. The number of rotatable bonds is 4. The molecule has 2 aromatic carbocycles. The Bertz CT molecular complexity index is 627.